The molecule has 0 aliphatic heterocycles. The van der Waals surface area contributed by atoms with E-state index in [4.69, 9.17) is 16.3 Å². The fraction of sp³-hybridized carbons (Fsp3) is 0.125. The van der Waals surface area contributed by atoms with E-state index in [-0.39, 0.29) is 5.69 Å². The second kappa shape index (κ2) is 6.67. The molecule has 2 heterocycles. The van der Waals surface area contributed by atoms with Gasteiger partial charge in [0.25, 0.3) is 5.91 Å². The molecule has 122 valence electrons. The number of nitrogens with zero attached hydrogens (tertiary/aromatic N) is 2. The van der Waals surface area contributed by atoms with Crippen molar-refractivity contribution in [1.82, 2.24) is 15.2 Å². The van der Waals surface area contributed by atoms with Gasteiger partial charge in [0.2, 0.25) is 0 Å². The number of rotatable bonds is 4. The second-order valence-corrected chi connectivity index (χ2v) is 5.45. The number of H-pyrrole nitrogens is 1. The highest BCUT2D eigenvalue weighted by Gasteiger charge is 2.22. The summed E-state index contributed by atoms with van der Waals surface area (Å²) in [5.41, 5.74) is 0.849. The molecule has 0 aliphatic rings. The van der Waals surface area contributed by atoms with Crippen LogP contribution in [0.25, 0.3) is 10.9 Å². The van der Waals surface area contributed by atoms with E-state index in [2.05, 4.69) is 20.5 Å². The standard InChI is InChI=1S/C16H13ClN4O3/c1-9(15(22)19-13-7-6-10(17)8-18-13)24-16(23)14-11-4-2-3-5-12(11)20-21-14/h2-9H,1H3,(H,20,21)(H,18,19,22)/t9-/m0/s1. The molecule has 3 rings (SSSR count). The van der Waals surface area contributed by atoms with Crippen LogP contribution in [0.3, 0.4) is 0 Å². The van der Waals surface area contributed by atoms with Crippen LogP contribution in [0.5, 0.6) is 0 Å². The van der Waals surface area contributed by atoms with Crippen molar-refractivity contribution in [3.8, 4) is 0 Å². The molecular formula is C16H13ClN4O3. The zero-order chi connectivity index (χ0) is 17.1. The first-order chi connectivity index (χ1) is 11.5. The number of halogens is 1. The highest BCUT2D eigenvalue weighted by Crippen LogP contribution is 2.17. The predicted octanol–water partition coefficient (Wildman–Crippen LogP) is 2.80. The van der Waals surface area contributed by atoms with Gasteiger partial charge in [-0.3, -0.25) is 9.89 Å². The lowest BCUT2D eigenvalue weighted by molar-refractivity contribution is -0.123. The van der Waals surface area contributed by atoms with E-state index in [0.29, 0.717) is 21.7 Å². The zero-order valence-corrected chi connectivity index (χ0v) is 13.4. The van der Waals surface area contributed by atoms with Gasteiger partial charge in [-0.15, -0.1) is 0 Å². The van der Waals surface area contributed by atoms with Crippen molar-refractivity contribution in [2.45, 2.75) is 13.0 Å². The predicted molar refractivity (Wildman–Crippen MR) is 88.8 cm³/mol. The summed E-state index contributed by atoms with van der Waals surface area (Å²) in [6, 6.07) is 10.3. The number of pyridine rings is 1. The smallest absolute Gasteiger partial charge is 0.360 e. The molecule has 1 amide bonds. The molecule has 0 saturated heterocycles. The number of amides is 1. The monoisotopic (exact) mass is 344 g/mol. The van der Waals surface area contributed by atoms with Crippen molar-refractivity contribution in [2.24, 2.45) is 0 Å². The topological polar surface area (TPSA) is 97.0 Å². The van der Waals surface area contributed by atoms with Crippen molar-refractivity contribution in [3.05, 3.63) is 53.3 Å². The number of hydrogen-bond donors (Lipinski definition) is 2. The van der Waals surface area contributed by atoms with Gasteiger partial charge in [0.15, 0.2) is 11.8 Å². The average molecular weight is 345 g/mol. The van der Waals surface area contributed by atoms with E-state index < -0.39 is 18.0 Å². The molecule has 2 N–H and O–H groups in total. The molecule has 0 spiro atoms. The summed E-state index contributed by atoms with van der Waals surface area (Å²) in [5, 5.41) is 10.3. The molecule has 24 heavy (non-hydrogen) atoms. The number of anilines is 1. The van der Waals surface area contributed by atoms with Gasteiger partial charge in [-0.1, -0.05) is 29.8 Å². The summed E-state index contributed by atoms with van der Waals surface area (Å²) in [5.74, 6) is -0.866. The molecule has 8 heteroatoms. The van der Waals surface area contributed by atoms with Crippen LogP contribution in [0.15, 0.2) is 42.6 Å². The van der Waals surface area contributed by atoms with Gasteiger partial charge in [0, 0.05) is 11.6 Å². The third-order valence-corrected chi connectivity index (χ3v) is 3.52. The van der Waals surface area contributed by atoms with Gasteiger partial charge in [0.05, 0.1) is 10.5 Å². The SMILES string of the molecule is C[C@H](OC(=O)c1n[nH]c2ccccc12)C(=O)Nc1ccc(Cl)cn1. The molecule has 1 aromatic carbocycles. The van der Waals surface area contributed by atoms with Crippen molar-refractivity contribution in [2.75, 3.05) is 5.32 Å². The fourth-order valence-corrected chi connectivity index (χ4v) is 2.18. The summed E-state index contributed by atoms with van der Waals surface area (Å²) in [4.78, 5) is 28.2. The summed E-state index contributed by atoms with van der Waals surface area (Å²) in [6.07, 6.45) is 0.398. The number of hydrogen-bond acceptors (Lipinski definition) is 5. The Morgan fingerprint density at radius 2 is 2.04 bits per heavy atom. The second-order valence-electron chi connectivity index (χ2n) is 5.02. The van der Waals surface area contributed by atoms with Gasteiger partial charge in [-0.25, -0.2) is 9.78 Å². The summed E-state index contributed by atoms with van der Waals surface area (Å²) >= 11 is 5.73. The maximum Gasteiger partial charge on any atom is 0.360 e. The minimum Gasteiger partial charge on any atom is -0.448 e. The Morgan fingerprint density at radius 3 is 2.79 bits per heavy atom. The number of para-hydroxylation sites is 1. The average Bonchev–Trinajstić information content (AvgIpc) is 3.01. The Labute approximate surface area is 142 Å². The van der Waals surface area contributed by atoms with Gasteiger partial charge in [-0.05, 0) is 25.1 Å². The Bertz CT molecular complexity index is 892. The zero-order valence-electron chi connectivity index (χ0n) is 12.6. The van der Waals surface area contributed by atoms with Crippen LogP contribution in [-0.4, -0.2) is 33.2 Å². The molecule has 3 aromatic rings. The van der Waals surface area contributed by atoms with Gasteiger partial charge >= 0.3 is 5.97 Å². The number of aromatic nitrogens is 3. The van der Waals surface area contributed by atoms with Crippen LogP contribution in [0.4, 0.5) is 5.82 Å². The van der Waals surface area contributed by atoms with Crippen LogP contribution in [0.2, 0.25) is 5.02 Å². The minimum atomic E-state index is -1.01. The number of fused-ring (bicyclic) bond motifs is 1. The van der Waals surface area contributed by atoms with Crippen LogP contribution in [0.1, 0.15) is 17.4 Å². The highest BCUT2D eigenvalue weighted by atomic mass is 35.5. The van der Waals surface area contributed by atoms with Crippen LogP contribution >= 0.6 is 11.6 Å². The van der Waals surface area contributed by atoms with Crippen molar-refractivity contribution >= 4 is 40.2 Å². The number of esters is 1. The normalized spacial score (nSPS) is 11.9. The molecule has 2 aromatic heterocycles. The maximum atomic E-state index is 12.2. The maximum absolute atomic E-state index is 12.2. The largest absolute Gasteiger partial charge is 0.448 e. The number of ether oxygens (including phenoxy) is 1. The molecule has 0 unspecified atom stereocenters. The van der Waals surface area contributed by atoms with Crippen LogP contribution in [0, 0.1) is 0 Å². The molecule has 0 radical (unpaired) electrons. The van der Waals surface area contributed by atoms with Gasteiger partial charge < -0.3 is 10.1 Å². The summed E-state index contributed by atoms with van der Waals surface area (Å²) < 4.78 is 5.17. The Hall–Kier alpha value is -2.93. The van der Waals surface area contributed by atoms with Crippen molar-refractivity contribution in [1.29, 1.82) is 0 Å². The number of benzene rings is 1. The van der Waals surface area contributed by atoms with Crippen molar-refractivity contribution < 1.29 is 14.3 Å². The Kier molecular flexibility index (Phi) is 4.43. The van der Waals surface area contributed by atoms with Gasteiger partial charge in [-0.2, -0.15) is 5.10 Å². The Morgan fingerprint density at radius 1 is 1.25 bits per heavy atom. The highest BCUT2D eigenvalue weighted by molar-refractivity contribution is 6.30. The summed E-state index contributed by atoms with van der Waals surface area (Å²) in [6.45, 7) is 1.47. The third kappa shape index (κ3) is 3.36. The van der Waals surface area contributed by atoms with Crippen LogP contribution < -0.4 is 5.32 Å². The lowest BCUT2D eigenvalue weighted by atomic mass is 10.2. The van der Waals surface area contributed by atoms with Crippen molar-refractivity contribution in [3.63, 3.8) is 0 Å². The van der Waals surface area contributed by atoms with E-state index in [1.165, 1.54) is 13.1 Å². The summed E-state index contributed by atoms with van der Waals surface area (Å²) in [7, 11) is 0. The van der Waals surface area contributed by atoms with E-state index in [9.17, 15) is 9.59 Å². The molecule has 0 bridgehead atoms. The molecule has 0 fully saturated rings. The quantitative estimate of drug-likeness (QED) is 0.709. The first-order valence-corrected chi connectivity index (χ1v) is 7.49. The molecule has 7 nitrogen and oxygen atoms in total. The molecule has 1 atom stereocenters. The minimum absolute atomic E-state index is 0.134. The fourth-order valence-electron chi connectivity index (χ4n) is 2.07. The first-order valence-electron chi connectivity index (χ1n) is 7.11. The van der Waals surface area contributed by atoms with Crippen LogP contribution in [-0.2, 0) is 9.53 Å². The lowest BCUT2D eigenvalue weighted by Crippen LogP contribution is -2.30. The van der Waals surface area contributed by atoms with E-state index in [0.717, 1.165) is 0 Å². The van der Waals surface area contributed by atoms with Gasteiger partial charge in [0.1, 0.15) is 5.82 Å². The molecule has 0 saturated carbocycles. The number of aromatic amines is 1. The third-order valence-electron chi connectivity index (χ3n) is 3.30. The number of nitrogens with one attached hydrogen (secondary N) is 2. The Balaban J connectivity index is 1.67. The molecular weight excluding hydrogens is 332 g/mol. The number of carbonyl (C=O) groups excluding carboxylic acids is 2. The number of carbonyl (C=O) groups is 2. The van der Waals surface area contributed by atoms with E-state index in [1.54, 1.807) is 30.3 Å². The first kappa shape index (κ1) is 15.9. The molecule has 0 aliphatic carbocycles. The van der Waals surface area contributed by atoms with E-state index in [1.807, 2.05) is 6.07 Å². The van der Waals surface area contributed by atoms with E-state index >= 15 is 0 Å². The lowest BCUT2D eigenvalue weighted by Gasteiger charge is -2.12.